The van der Waals surface area contributed by atoms with Crippen LogP contribution in [0.25, 0.3) is 0 Å². The van der Waals surface area contributed by atoms with Crippen LogP contribution in [-0.2, 0) is 0 Å². The van der Waals surface area contributed by atoms with Crippen molar-refractivity contribution in [3.63, 3.8) is 0 Å². The average molecular weight is 307 g/mol. The molecule has 1 heteroatoms. The van der Waals surface area contributed by atoms with Crippen LogP contribution in [0.15, 0.2) is 48.5 Å². The molecular formula is C14H17Sb. The van der Waals surface area contributed by atoms with Gasteiger partial charge >= 0.3 is 99.9 Å². The molecule has 2 rings (SSSR count). The maximum atomic E-state index is 2.34. The van der Waals surface area contributed by atoms with Gasteiger partial charge in [-0.05, 0) is 0 Å². The van der Waals surface area contributed by atoms with Gasteiger partial charge in [-0.1, -0.05) is 0 Å². The second kappa shape index (κ2) is 4.18. The average Bonchev–Trinajstić information content (AvgIpc) is 2.45. The van der Waals surface area contributed by atoms with E-state index in [9.17, 15) is 0 Å². The zero-order valence-electron chi connectivity index (χ0n) is 9.83. The molecule has 0 bridgehead atoms. The SMILES string of the molecule is CC1=[C](C)[Sb]([c]2ccccc2)[C](C)=C1C. The molecule has 0 atom stereocenters. The number of benzene rings is 1. The molecule has 0 unspecified atom stereocenters. The standard InChI is InChI=1S/C8H12.C6H5.Sb/c1-5-7(3)8(4)6-2;1-2-4-6-5-3-1;/h1-4H3;1-5H;. The third-order valence-corrected chi connectivity index (χ3v) is 11.4. The van der Waals surface area contributed by atoms with Gasteiger partial charge in [-0.15, -0.1) is 0 Å². The number of rotatable bonds is 1. The van der Waals surface area contributed by atoms with Gasteiger partial charge in [-0.3, -0.25) is 0 Å². The molecule has 1 aromatic carbocycles. The Bertz CT molecular complexity index is 414. The fraction of sp³-hybridized carbons (Fsp3) is 0.286. The predicted octanol–water partition coefficient (Wildman–Crippen LogP) is 3.15. The summed E-state index contributed by atoms with van der Waals surface area (Å²) in [6.45, 7) is 9.24. The Morgan fingerprint density at radius 3 is 1.67 bits per heavy atom. The molecule has 0 amide bonds. The normalized spacial score (nSPS) is 17.9. The van der Waals surface area contributed by atoms with Crippen molar-refractivity contribution >= 4 is 23.7 Å². The molecule has 0 N–H and O–H groups in total. The van der Waals surface area contributed by atoms with Gasteiger partial charge in [0, 0.05) is 0 Å². The Morgan fingerprint density at radius 2 is 1.20 bits per heavy atom. The van der Waals surface area contributed by atoms with Crippen LogP contribution in [0, 0.1) is 0 Å². The Kier molecular flexibility index (Phi) is 3.07. The third kappa shape index (κ3) is 1.81. The van der Waals surface area contributed by atoms with Crippen molar-refractivity contribution in [1.29, 1.82) is 0 Å². The molecular weight excluding hydrogens is 290 g/mol. The fourth-order valence-electron chi connectivity index (χ4n) is 2.09. The number of hydrogen-bond donors (Lipinski definition) is 0. The first-order valence-corrected chi connectivity index (χ1v) is 9.16. The van der Waals surface area contributed by atoms with Crippen molar-refractivity contribution in [1.82, 2.24) is 0 Å². The Hall–Kier alpha value is -0.482. The third-order valence-electron chi connectivity index (χ3n) is 3.33. The molecule has 1 heterocycles. The fourth-order valence-corrected chi connectivity index (χ4v) is 9.95. The number of hydrogen-bond acceptors (Lipinski definition) is 0. The van der Waals surface area contributed by atoms with Gasteiger partial charge in [0.25, 0.3) is 0 Å². The molecule has 0 spiro atoms. The van der Waals surface area contributed by atoms with E-state index in [2.05, 4.69) is 58.0 Å². The molecule has 0 aromatic heterocycles. The van der Waals surface area contributed by atoms with Crippen LogP contribution < -0.4 is 3.51 Å². The van der Waals surface area contributed by atoms with Crippen LogP contribution in [0.1, 0.15) is 27.7 Å². The van der Waals surface area contributed by atoms with Gasteiger partial charge in [-0.2, -0.15) is 0 Å². The summed E-state index contributed by atoms with van der Waals surface area (Å²) < 4.78 is 4.99. The Labute approximate surface area is 99.7 Å². The van der Waals surface area contributed by atoms with Gasteiger partial charge in [0.2, 0.25) is 0 Å². The van der Waals surface area contributed by atoms with Crippen molar-refractivity contribution in [2.75, 3.05) is 0 Å². The maximum absolute atomic E-state index is 2.34. The van der Waals surface area contributed by atoms with E-state index < -0.39 is 20.2 Å². The Balaban J connectivity index is 2.50. The summed E-state index contributed by atoms with van der Waals surface area (Å²) in [6.07, 6.45) is 0. The van der Waals surface area contributed by atoms with Crippen molar-refractivity contribution < 1.29 is 0 Å². The van der Waals surface area contributed by atoms with E-state index >= 15 is 0 Å². The summed E-state index contributed by atoms with van der Waals surface area (Å²) >= 11 is -1.47. The van der Waals surface area contributed by atoms with Crippen molar-refractivity contribution in [2.45, 2.75) is 27.7 Å². The van der Waals surface area contributed by atoms with Gasteiger partial charge in [0.1, 0.15) is 0 Å². The monoisotopic (exact) mass is 306 g/mol. The van der Waals surface area contributed by atoms with Gasteiger partial charge < -0.3 is 0 Å². The van der Waals surface area contributed by atoms with E-state index in [1.165, 1.54) is 0 Å². The number of allylic oxidation sites excluding steroid dienone is 4. The molecule has 0 saturated carbocycles. The first-order valence-electron chi connectivity index (χ1n) is 5.33. The molecule has 0 fully saturated rings. The van der Waals surface area contributed by atoms with E-state index in [-0.39, 0.29) is 0 Å². The second-order valence-corrected chi connectivity index (χ2v) is 11.3. The summed E-state index contributed by atoms with van der Waals surface area (Å²) in [7, 11) is 0. The van der Waals surface area contributed by atoms with E-state index in [1.54, 1.807) is 21.7 Å². The quantitative estimate of drug-likeness (QED) is 0.699. The topological polar surface area (TPSA) is 0 Å². The Morgan fingerprint density at radius 1 is 0.733 bits per heavy atom. The molecule has 0 radical (unpaired) electrons. The molecule has 1 aliphatic rings. The van der Waals surface area contributed by atoms with Crippen LogP contribution in [0.3, 0.4) is 0 Å². The summed E-state index contributed by atoms with van der Waals surface area (Å²) in [5.41, 5.74) is 3.11. The van der Waals surface area contributed by atoms with E-state index in [0.717, 1.165) is 0 Å². The molecule has 0 nitrogen and oxygen atoms in total. The molecule has 78 valence electrons. The molecule has 0 saturated heterocycles. The zero-order chi connectivity index (χ0) is 11.0. The van der Waals surface area contributed by atoms with Crippen molar-refractivity contribution in [3.05, 3.63) is 48.5 Å². The van der Waals surface area contributed by atoms with Gasteiger partial charge in [0.15, 0.2) is 0 Å². The second-order valence-electron chi connectivity index (χ2n) is 4.09. The van der Waals surface area contributed by atoms with Gasteiger partial charge in [0.05, 0.1) is 0 Å². The molecule has 1 aromatic rings. The van der Waals surface area contributed by atoms with Crippen molar-refractivity contribution in [2.24, 2.45) is 0 Å². The predicted molar refractivity (Wildman–Crippen MR) is 68.6 cm³/mol. The van der Waals surface area contributed by atoms with Gasteiger partial charge in [-0.25, -0.2) is 0 Å². The van der Waals surface area contributed by atoms with E-state index in [4.69, 9.17) is 0 Å². The van der Waals surface area contributed by atoms with Crippen LogP contribution in [0.2, 0.25) is 0 Å². The summed E-state index contributed by atoms with van der Waals surface area (Å²) in [5.74, 6) is 0. The minimum absolute atomic E-state index is 1.47. The van der Waals surface area contributed by atoms with Crippen LogP contribution in [-0.4, -0.2) is 20.2 Å². The molecule has 1 aliphatic heterocycles. The van der Waals surface area contributed by atoms with Crippen molar-refractivity contribution in [3.8, 4) is 0 Å². The zero-order valence-corrected chi connectivity index (χ0v) is 12.4. The van der Waals surface area contributed by atoms with Crippen LogP contribution in [0.4, 0.5) is 0 Å². The summed E-state index contributed by atoms with van der Waals surface area (Å²) in [6, 6.07) is 11.1. The first kappa shape index (κ1) is 11.0. The minimum atomic E-state index is -1.47. The van der Waals surface area contributed by atoms with Crippen LogP contribution >= 0.6 is 0 Å². The molecule has 0 aliphatic carbocycles. The summed E-state index contributed by atoms with van der Waals surface area (Å²) in [5, 5.41) is 0. The van der Waals surface area contributed by atoms with Crippen LogP contribution in [0.5, 0.6) is 0 Å². The van der Waals surface area contributed by atoms with E-state index in [1.807, 2.05) is 0 Å². The first-order chi connectivity index (χ1) is 7.13. The van der Waals surface area contributed by atoms with E-state index in [0.29, 0.717) is 0 Å². The summed E-state index contributed by atoms with van der Waals surface area (Å²) in [4.78, 5) is 0. The molecule has 15 heavy (non-hydrogen) atoms.